The van der Waals surface area contributed by atoms with Crippen LogP contribution in [-0.4, -0.2) is 15.0 Å². The molecule has 0 saturated heterocycles. The second kappa shape index (κ2) is 6.29. The minimum atomic E-state index is 0.431. The average molecular weight is 256 g/mol. The first-order valence-corrected chi connectivity index (χ1v) is 6.52. The zero-order chi connectivity index (χ0) is 13.7. The molecular weight excluding hydrogens is 236 g/mol. The van der Waals surface area contributed by atoms with Crippen LogP contribution in [0.5, 0.6) is 0 Å². The molecule has 100 valence electrons. The highest BCUT2D eigenvalue weighted by molar-refractivity contribution is 5.23. The van der Waals surface area contributed by atoms with Crippen molar-refractivity contribution in [2.24, 2.45) is 5.73 Å². The van der Waals surface area contributed by atoms with E-state index >= 15 is 0 Å². The monoisotopic (exact) mass is 256 g/mol. The van der Waals surface area contributed by atoms with Crippen LogP contribution < -0.4 is 5.73 Å². The molecule has 19 heavy (non-hydrogen) atoms. The largest absolute Gasteiger partial charge is 0.325 e. The van der Waals surface area contributed by atoms with Crippen LogP contribution in [0, 0.1) is 6.92 Å². The highest BCUT2D eigenvalue weighted by Crippen LogP contribution is 2.11. The summed E-state index contributed by atoms with van der Waals surface area (Å²) in [5.41, 5.74) is 10.3. The standard InChI is InChI=1S/C15H20N4/c1-3-10-19-15(14(11-16)17-18-19)9-8-13-6-4-12(2)5-7-13/h3-7H,1,8-11,16H2,2H3. The van der Waals surface area contributed by atoms with Gasteiger partial charge in [0.1, 0.15) is 0 Å². The van der Waals surface area contributed by atoms with Crippen molar-refractivity contribution in [1.29, 1.82) is 0 Å². The van der Waals surface area contributed by atoms with Gasteiger partial charge in [-0.1, -0.05) is 41.1 Å². The Morgan fingerprint density at radius 2 is 2.00 bits per heavy atom. The van der Waals surface area contributed by atoms with Crippen LogP contribution in [0.2, 0.25) is 0 Å². The molecule has 0 aliphatic heterocycles. The van der Waals surface area contributed by atoms with E-state index in [1.807, 2.05) is 10.8 Å². The molecule has 0 fully saturated rings. The number of aromatic nitrogens is 3. The first-order chi connectivity index (χ1) is 9.24. The molecule has 0 atom stereocenters. The number of aryl methyl sites for hydroxylation is 2. The summed E-state index contributed by atoms with van der Waals surface area (Å²) in [5.74, 6) is 0. The zero-order valence-corrected chi connectivity index (χ0v) is 11.3. The van der Waals surface area contributed by atoms with Crippen molar-refractivity contribution < 1.29 is 0 Å². The summed E-state index contributed by atoms with van der Waals surface area (Å²) in [4.78, 5) is 0. The molecule has 2 N–H and O–H groups in total. The van der Waals surface area contributed by atoms with E-state index in [2.05, 4.69) is 48.1 Å². The van der Waals surface area contributed by atoms with Crippen molar-refractivity contribution in [3.05, 3.63) is 59.4 Å². The average Bonchev–Trinajstić information content (AvgIpc) is 2.81. The van der Waals surface area contributed by atoms with Crippen molar-refractivity contribution in [3.8, 4) is 0 Å². The Kier molecular flexibility index (Phi) is 4.47. The Hall–Kier alpha value is -1.94. The lowest BCUT2D eigenvalue weighted by Crippen LogP contribution is -2.08. The van der Waals surface area contributed by atoms with E-state index in [4.69, 9.17) is 5.73 Å². The van der Waals surface area contributed by atoms with Gasteiger partial charge in [-0.2, -0.15) is 0 Å². The summed E-state index contributed by atoms with van der Waals surface area (Å²) in [6.07, 6.45) is 3.69. The number of nitrogens with zero attached hydrogens (tertiary/aromatic N) is 3. The van der Waals surface area contributed by atoms with Crippen molar-refractivity contribution in [1.82, 2.24) is 15.0 Å². The Bertz CT molecular complexity index is 540. The van der Waals surface area contributed by atoms with Crippen molar-refractivity contribution in [3.63, 3.8) is 0 Å². The van der Waals surface area contributed by atoms with Crippen LogP contribution in [-0.2, 0) is 25.9 Å². The van der Waals surface area contributed by atoms with Gasteiger partial charge in [-0.05, 0) is 25.3 Å². The van der Waals surface area contributed by atoms with Gasteiger partial charge in [-0.3, -0.25) is 0 Å². The summed E-state index contributed by atoms with van der Waals surface area (Å²) in [6, 6.07) is 8.61. The van der Waals surface area contributed by atoms with E-state index in [1.165, 1.54) is 11.1 Å². The number of nitrogens with two attached hydrogens (primary N) is 1. The fraction of sp³-hybridized carbons (Fsp3) is 0.333. The lowest BCUT2D eigenvalue weighted by molar-refractivity contribution is 0.626. The molecule has 0 aliphatic carbocycles. The molecule has 0 saturated carbocycles. The molecule has 0 amide bonds. The SMILES string of the molecule is C=CCn1nnc(CN)c1CCc1ccc(C)cc1. The van der Waals surface area contributed by atoms with Gasteiger partial charge < -0.3 is 5.73 Å². The van der Waals surface area contributed by atoms with Crippen molar-refractivity contribution in [2.75, 3.05) is 0 Å². The Morgan fingerprint density at radius 3 is 2.63 bits per heavy atom. The Labute approximate surface area is 113 Å². The molecule has 1 aromatic carbocycles. The molecule has 0 aliphatic rings. The predicted octanol–water partition coefficient (Wildman–Crippen LogP) is 2.02. The highest BCUT2D eigenvalue weighted by Gasteiger charge is 2.10. The van der Waals surface area contributed by atoms with Crippen LogP contribution >= 0.6 is 0 Å². The van der Waals surface area contributed by atoms with E-state index < -0.39 is 0 Å². The van der Waals surface area contributed by atoms with Gasteiger partial charge in [0.15, 0.2) is 0 Å². The summed E-state index contributed by atoms with van der Waals surface area (Å²) in [5, 5.41) is 8.24. The first kappa shape index (κ1) is 13.5. The van der Waals surface area contributed by atoms with Crippen LogP contribution in [0.3, 0.4) is 0 Å². The first-order valence-electron chi connectivity index (χ1n) is 6.52. The fourth-order valence-corrected chi connectivity index (χ4v) is 2.09. The summed E-state index contributed by atoms with van der Waals surface area (Å²) in [7, 11) is 0. The van der Waals surface area contributed by atoms with Gasteiger partial charge in [-0.25, -0.2) is 4.68 Å². The van der Waals surface area contributed by atoms with Gasteiger partial charge in [0.05, 0.1) is 17.9 Å². The summed E-state index contributed by atoms with van der Waals surface area (Å²) < 4.78 is 1.88. The number of hydrogen-bond acceptors (Lipinski definition) is 3. The van der Waals surface area contributed by atoms with Crippen molar-refractivity contribution >= 4 is 0 Å². The molecule has 1 heterocycles. The smallest absolute Gasteiger partial charge is 0.0994 e. The van der Waals surface area contributed by atoms with E-state index in [1.54, 1.807) is 0 Å². The topological polar surface area (TPSA) is 56.7 Å². The number of allylic oxidation sites excluding steroid dienone is 1. The molecule has 4 nitrogen and oxygen atoms in total. The minimum absolute atomic E-state index is 0.431. The second-order valence-electron chi connectivity index (χ2n) is 4.64. The van der Waals surface area contributed by atoms with Crippen molar-refractivity contribution in [2.45, 2.75) is 32.9 Å². The Morgan fingerprint density at radius 1 is 1.26 bits per heavy atom. The van der Waals surface area contributed by atoms with Crippen LogP contribution in [0.1, 0.15) is 22.5 Å². The molecule has 1 aromatic heterocycles. The highest BCUT2D eigenvalue weighted by atomic mass is 15.4. The molecular formula is C15H20N4. The second-order valence-corrected chi connectivity index (χ2v) is 4.64. The number of benzene rings is 1. The van der Waals surface area contributed by atoms with E-state index in [0.29, 0.717) is 13.1 Å². The maximum Gasteiger partial charge on any atom is 0.0994 e. The third kappa shape index (κ3) is 3.29. The summed E-state index contributed by atoms with van der Waals surface area (Å²) >= 11 is 0. The zero-order valence-electron chi connectivity index (χ0n) is 11.3. The molecule has 0 radical (unpaired) electrons. The lowest BCUT2D eigenvalue weighted by atomic mass is 10.1. The lowest BCUT2D eigenvalue weighted by Gasteiger charge is -2.06. The van der Waals surface area contributed by atoms with Crippen LogP contribution in [0.25, 0.3) is 0 Å². The van der Waals surface area contributed by atoms with Gasteiger partial charge in [0.25, 0.3) is 0 Å². The molecule has 0 unspecified atom stereocenters. The molecule has 2 rings (SSSR count). The fourth-order valence-electron chi connectivity index (χ4n) is 2.09. The third-order valence-electron chi connectivity index (χ3n) is 3.18. The summed E-state index contributed by atoms with van der Waals surface area (Å²) in [6.45, 7) is 6.94. The van der Waals surface area contributed by atoms with Gasteiger partial charge >= 0.3 is 0 Å². The number of rotatable bonds is 6. The Balaban J connectivity index is 2.11. The third-order valence-corrected chi connectivity index (χ3v) is 3.18. The van der Waals surface area contributed by atoms with E-state index in [-0.39, 0.29) is 0 Å². The normalized spacial score (nSPS) is 10.6. The quantitative estimate of drug-likeness (QED) is 0.804. The maximum absolute atomic E-state index is 5.71. The maximum atomic E-state index is 5.71. The van der Waals surface area contributed by atoms with E-state index in [0.717, 1.165) is 24.2 Å². The molecule has 4 heteroatoms. The van der Waals surface area contributed by atoms with E-state index in [9.17, 15) is 0 Å². The van der Waals surface area contributed by atoms with Gasteiger partial charge in [0.2, 0.25) is 0 Å². The van der Waals surface area contributed by atoms with Crippen LogP contribution in [0.15, 0.2) is 36.9 Å². The molecule has 0 spiro atoms. The van der Waals surface area contributed by atoms with Gasteiger partial charge in [-0.15, -0.1) is 11.7 Å². The predicted molar refractivity (Wildman–Crippen MR) is 76.7 cm³/mol. The number of hydrogen-bond donors (Lipinski definition) is 1. The minimum Gasteiger partial charge on any atom is -0.325 e. The van der Waals surface area contributed by atoms with Crippen LogP contribution in [0.4, 0.5) is 0 Å². The molecule has 2 aromatic rings. The molecule has 0 bridgehead atoms. The van der Waals surface area contributed by atoms with Gasteiger partial charge in [0, 0.05) is 6.54 Å².